The molecule has 24 heavy (non-hydrogen) atoms. The zero-order valence-corrected chi connectivity index (χ0v) is 13.8. The normalized spacial score (nSPS) is 10.7. The van der Waals surface area contributed by atoms with Gasteiger partial charge in [-0.1, -0.05) is 18.2 Å². The molecule has 0 amide bonds. The van der Waals surface area contributed by atoms with Gasteiger partial charge in [0.25, 0.3) is 0 Å². The van der Waals surface area contributed by atoms with E-state index >= 15 is 0 Å². The monoisotopic (exact) mass is 330 g/mol. The first kappa shape index (κ1) is 17.5. The minimum Gasteiger partial charge on any atom is -0.493 e. The smallest absolute Gasteiger partial charge is 0.203 e. The van der Waals surface area contributed by atoms with Gasteiger partial charge in [-0.15, -0.1) is 0 Å². The molecule has 0 aliphatic heterocycles. The van der Waals surface area contributed by atoms with Gasteiger partial charge in [0.1, 0.15) is 5.82 Å². The lowest BCUT2D eigenvalue weighted by atomic mass is 10.1. The van der Waals surface area contributed by atoms with Crippen molar-refractivity contribution in [3.8, 4) is 17.2 Å². The van der Waals surface area contributed by atoms with Crippen molar-refractivity contribution in [1.29, 1.82) is 0 Å². The zero-order valence-electron chi connectivity index (χ0n) is 13.8. The fourth-order valence-electron chi connectivity index (χ4n) is 2.19. The van der Waals surface area contributed by atoms with E-state index < -0.39 is 5.82 Å². The van der Waals surface area contributed by atoms with E-state index in [1.807, 2.05) is 6.92 Å². The summed E-state index contributed by atoms with van der Waals surface area (Å²) < 4.78 is 29.3. The van der Waals surface area contributed by atoms with Crippen LogP contribution in [0, 0.1) is 5.82 Å². The Morgan fingerprint density at radius 3 is 2.33 bits per heavy atom. The van der Waals surface area contributed by atoms with Crippen LogP contribution in [0.2, 0.25) is 0 Å². The van der Waals surface area contributed by atoms with Crippen LogP contribution in [0.5, 0.6) is 17.2 Å². The number of rotatable bonds is 7. The number of hydrogen-bond acceptors (Lipinski definition) is 4. The van der Waals surface area contributed by atoms with Crippen molar-refractivity contribution in [3.05, 3.63) is 59.4 Å². The van der Waals surface area contributed by atoms with Gasteiger partial charge in [-0.05, 0) is 42.8 Å². The van der Waals surface area contributed by atoms with Crippen LogP contribution in [0.4, 0.5) is 4.39 Å². The summed E-state index contributed by atoms with van der Waals surface area (Å²) in [7, 11) is 3.06. The number of carbonyl (C=O) groups is 1. The first-order valence-corrected chi connectivity index (χ1v) is 7.45. The summed E-state index contributed by atoms with van der Waals surface area (Å²) in [4.78, 5) is 12.1. The van der Waals surface area contributed by atoms with E-state index in [-0.39, 0.29) is 11.3 Å². The summed E-state index contributed by atoms with van der Waals surface area (Å²) in [6.07, 6.45) is 3.00. The maximum absolute atomic E-state index is 13.2. The van der Waals surface area contributed by atoms with Gasteiger partial charge in [0, 0.05) is 5.56 Å². The standard InChI is InChI=1S/C19H19FO4/c1-4-24-19-17(22-2)10-13(11-18(19)23-3)8-9-16(21)14-6-5-7-15(20)12-14/h5-12H,4H2,1-3H3. The second-order valence-electron chi connectivity index (χ2n) is 4.90. The van der Waals surface area contributed by atoms with Gasteiger partial charge in [0.2, 0.25) is 5.75 Å². The molecular weight excluding hydrogens is 311 g/mol. The van der Waals surface area contributed by atoms with E-state index in [2.05, 4.69) is 0 Å². The number of ketones is 1. The van der Waals surface area contributed by atoms with Crippen molar-refractivity contribution < 1.29 is 23.4 Å². The minimum atomic E-state index is -0.446. The molecule has 0 aliphatic carbocycles. The van der Waals surface area contributed by atoms with Crippen molar-refractivity contribution in [2.75, 3.05) is 20.8 Å². The van der Waals surface area contributed by atoms with E-state index in [9.17, 15) is 9.18 Å². The number of benzene rings is 2. The van der Waals surface area contributed by atoms with Gasteiger partial charge >= 0.3 is 0 Å². The first-order valence-electron chi connectivity index (χ1n) is 7.45. The molecule has 0 aromatic heterocycles. The van der Waals surface area contributed by atoms with E-state index in [4.69, 9.17) is 14.2 Å². The number of allylic oxidation sites excluding steroid dienone is 1. The molecule has 0 atom stereocenters. The summed E-state index contributed by atoms with van der Waals surface area (Å²) in [6.45, 7) is 2.34. The molecule has 0 heterocycles. The molecule has 0 bridgehead atoms. The predicted molar refractivity (Wildman–Crippen MR) is 90.5 cm³/mol. The van der Waals surface area contributed by atoms with Crippen molar-refractivity contribution in [1.82, 2.24) is 0 Å². The van der Waals surface area contributed by atoms with Gasteiger partial charge < -0.3 is 14.2 Å². The van der Waals surface area contributed by atoms with E-state index in [0.717, 1.165) is 0 Å². The Bertz CT molecular complexity index is 728. The van der Waals surface area contributed by atoms with Crippen LogP contribution in [0.1, 0.15) is 22.8 Å². The third-order valence-electron chi connectivity index (χ3n) is 3.31. The van der Waals surface area contributed by atoms with E-state index in [0.29, 0.717) is 29.4 Å². The molecule has 5 heteroatoms. The maximum Gasteiger partial charge on any atom is 0.203 e. The lowest BCUT2D eigenvalue weighted by Crippen LogP contribution is -1.99. The van der Waals surface area contributed by atoms with Crippen LogP contribution in [0.15, 0.2) is 42.5 Å². The first-order chi connectivity index (χ1) is 11.6. The van der Waals surface area contributed by atoms with E-state index in [1.165, 1.54) is 38.5 Å². The molecule has 0 N–H and O–H groups in total. The second-order valence-corrected chi connectivity index (χ2v) is 4.90. The van der Waals surface area contributed by atoms with Crippen molar-refractivity contribution in [3.63, 3.8) is 0 Å². The lowest BCUT2D eigenvalue weighted by Gasteiger charge is -2.14. The molecule has 0 fully saturated rings. The third-order valence-corrected chi connectivity index (χ3v) is 3.31. The van der Waals surface area contributed by atoms with Crippen LogP contribution in [0.25, 0.3) is 6.08 Å². The molecule has 0 aliphatic rings. The molecule has 4 nitrogen and oxygen atoms in total. The SMILES string of the molecule is CCOc1c(OC)cc(C=CC(=O)c2cccc(F)c2)cc1OC. The number of methoxy groups -OCH3 is 2. The average Bonchev–Trinajstić information content (AvgIpc) is 2.60. The Morgan fingerprint density at radius 2 is 1.79 bits per heavy atom. The molecular formula is C19H19FO4. The quantitative estimate of drug-likeness (QED) is 0.565. The molecule has 0 radical (unpaired) electrons. The Labute approximate surface area is 140 Å². The lowest BCUT2D eigenvalue weighted by molar-refractivity contribution is 0.104. The Kier molecular flexibility index (Phi) is 5.95. The van der Waals surface area contributed by atoms with Crippen LogP contribution < -0.4 is 14.2 Å². The Balaban J connectivity index is 2.30. The fraction of sp³-hybridized carbons (Fsp3) is 0.211. The van der Waals surface area contributed by atoms with Crippen molar-refractivity contribution >= 4 is 11.9 Å². The van der Waals surface area contributed by atoms with Gasteiger partial charge in [-0.3, -0.25) is 4.79 Å². The van der Waals surface area contributed by atoms with Crippen LogP contribution in [0.3, 0.4) is 0 Å². The van der Waals surface area contributed by atoms with Crippen molar-refractivity contribution in [2.24, 2.45) is 0 Å². The molecule has 2 aromatic rings. The summed E-state index contributed by atoms with van der Waals surface area (Å²) in [5.41, 5.74) is 0.994. The minimum absolute atomic E-state index is 0.288. The number of ether oxygens (including phenoxy) is 3. The summed E-state index contributed by atoms with van der Waals surface area (Å²) >= 11 is 0. The van der Waals surface area contributed by atoms with Gasteiger partial charge in [0.05, 0.1) is 20.8 Å². The van der Waals surface area contributed by atoms with Gasteiger partial charge in [-0.2, -0.15) is 0 Å². The van der Waals surface area contributed by atoms with Crippen molar-refractivity contribution in [2.45, 2.75) is 6.92 Å². The largest absolute Gasteiger partial charge is 0.493 e. The third kappa shape index (κ3) is 4.13. The molecule has 0 saturated heterocycles. The summed E-state index contributed by atoms with van der Waals surface area (Å²) in [5.74, 6) is 0.791. The zero-order chi connectivity index (χ0) is 17.5. The van der Waals surface area contributed by atoms with E-state index in [1.54, 1.807) is 24.3 Å². The molecule has 126 valence electrons. The Morgan fingerprint density at radius 1 is 1.12 bits per heavy atom. The molecule has 0 saturated carbocycles. The number of hydrogen-bond donors (Lipinski definition) is 0. The van der Waals surface area contributed by atoms with Crippen LogP contribution >= 0.6 is 0 Å². The second kappa shape index (κ2) is 8.15. The molecule has 0 spiro atoms. The van der Waals surface area contributed by atoms with Crippen LogP contribution in [-0.2, 0) is 0 Å². The highest BCUT2D eigenvalue weighted by atomic mass is 19.1. The highest BCUT2D eigenvalue weighted by Gasteiger charge is 2.13. The van der Waals surface area contributed by atoms with Gasteiger partial charge in [-0.25, -0.2) is 4.39 Å². The highest BCUT2D eigenvalue weighted by Crippen LogP contribution is 2.38. The highest BCUT2D eigenvalue weighted by molar-refractivity contribution is 6.06. The number of halogens is 1. The van der Waals surface area contributed by atoms with Gasteiger partial charge in [0.15, 0.2) is 17.3 Å². The maximum atomic E-state index is 13.2. The van der Waals surface area contributed by atoms with Crippen LogP contribution in [-0.4, -0.2) is 26.6 Å². The average molecular weight is 330 g/mol. The number of carbonyl (C=O) groups excluding carboxylic acids is 1. The predicted octanol–water partition coefficient (Wildman–Crippen LogP) is 4.14. The summed E-state index contributed by atoms with van der Waals surface area (Å²) in [5, 5.41) is 0. The molecule has 0 unspecified atom stereocenters. The summed E-state index contributed by atoms with van der Waals surface area (Å²) in [6, 6.07) is 9.04. The Hall–Kier alpha value is -2.82. The topological polar surface area (TPSA) is 44.8 Å². The molecule has 2 rings (SSSR count). The molecule has 2 aromatic carbocycles. The fourth-order valence-corrected chi connectivity index (χ4v) is 2.19.